The van der Waals surface area contributed by atoms with Gasteiger partial charge in [0.15, 0.2) is 0 Å². The van der Waals surface area contributed by atoms with Gasteiger partial charge in [-0.3, -0.25) is 10.7 Å². The zero-order valence-corrected chi connectivity index (χ0v) is 11.4. The molecule has 0 fully saturated rings. The van der Waals surface area contributed by atoms with Crippen LogP contribution in [0.4, 0.5) is 23.7 Å². The fourth-order valence-corrected chi connectivity index (χ4v) is 1.78. The van der Waals surface area contributed by atoms with Crippen molar-refractivity contribution in [3.8, 4) is 0 Å². The summed E-state index contributed by atoms with van der Waals surface area (Å²) in [4.78, 5) is 21.8. The first kappa shape index (κ1) is 16.3. The van der Waals surface area contributed by atoms with Crippen LogP contribution >= 0.6 is 0 Å². The number of nitrogen functional groups attached to an aromatic ring is 1. The van der Waals surface area contributed by atoms with Gasteiger partial charge >= 0.3 is 18.2 Å². The minimum atomic E-state index is -5.25. The number of amides is 1. The number of ether oxygens (including phenoxy) is 1. The number of hydrogen-bond acceptors (Lipinski definition) is 4. The molecule has 0 aromatic heterocycles. The molecule has 4 N–H and O–H groups in total. The van der Waals surface area contributed by atoms with E-state index in [1.165, 1.54) is 12.1 Å². The van der Waals surface area contributed by atoms with E-state index >= 15 is 0 Å². The Hall–Kier alpha value is -3.10. The average Bonchev–Trinajstić information content (AvgIpc) is 2.45. The molecule has 9 heteroatoms. The minimum absolute atomic E-state index is 0.108. The highest BCUT2D eigenvalue weighted by Crippen LogP contribution is 2.21. The highest BCUT2D eigenvalue weighted by molar-refractivity contribution is 6.00. The number of esters is 1. The van der Waals surface area contributed by atoms with E-state index in [0.717, 1.165) is 0 Å². The van der Waals surface area contributed by atoms with Crippen molar-refractivity contribution in [1.29, 1.82) is 5.41 Å². The van der Waals surface area contributed by atoms with Crippen LogP contribution in [-0.4, -0.2) is 24.1 Å². The lowest BCUT2D eigenvalue weighted by molar-refractivity contribution is -0.192. The van der Waals surface area contributed by atoms with Gasteiger partial charge in [0.25, 0.3) is 0 Å². The molecule has 120 valence electrons. The van der Waals surface area contributed by atoms with Crippen molar-refractivity contribution in [2.24, 2.45) is 5.73 Å². The van der Waals surface area contributed by atoms with Crippen molar-refractivity contribution in [2.45, 2.75) is 6.18 Å². The van der Waals surface area contributed by atoms with Crippen LogP contribution in [0.25, 0.3) is 10.8 Å². The predicted molar refractivity (Wildman–Crippen MR) is 76.1 cm³/mol. The van der Waals surface area contributed by atoms with Gasteiger partial charge in [0, 0.05) is 11.3 Å². The van der Waals surface area contributed by atoms with Gasteiger partial charge in [-0.05, 0) is 29.0 Å². The minimum Gasteiger partial charge on any atom is -0.384 e. The molecule has 0 aliphatic heterocycles. The van der Waals surface area contributed by atoms with Crippen molar-refractivity contribution in [2.75, 3.05) is 5.32 Å². The lowest BCUT2D eigenvalue weighted by Gasteiger charge is -2.08. The number of halogens is 3. The second-order valence-electron chi connectivity index (χ2n) is 4.49. The average molecular weight is 325 g/mol. The van der Waals surface area contributed by atoms with E-state index in [-0.39, 0.29) is 11.5 Å². The van der Waals surface area contributed by atoms with Gasteiger partial charge in [-0.15, -0.1) is 0 Å². The molecular formula is C14H10F3N3O3. The normalized spacial score (nSPS) is 11.1. The van der Waals surface area contributed by atoms with Gasteiger partial charge < -0.3 is 10.5 Å². The summed E-state index contributed by atoms with van der Waals surface area (Å²) in [6, 6.07) is 9.31. The summed E-state index contributed by atoms with van der Waals surface area (Å²) < 4.78 is 39.6. The first-order chi connectivity index (χ1) is 10.7. The second-order valence-corrected chi connectivity index (χ2v) is 4.49. The quantitative estimate of drug-likeness (QED) is 0.342. The highest BCUT2D eigenvalue weighted by atomic mass is 19.4. The Bertz CT molecular complexity index is 803. The predicted octanol–water partition coefficient (Wildman–Crippen LogP) is 2.76. The standard InChI is InChI=1S/C14H10F3N3O3/c15-14(16,17)12(21)23-13(22)20-10-4-3-7-5-9(11(18)19)2-1-8(7)6-10/h1-6H,(H3,18,19)(H,20,22). The number of rotatable bonds is 2. The molecule has 0 spiro atoms. The van der Waals surface area contributed by atoms with Gasteiger partial charge in [-0.2, -0.15) is 13.2 Å². The van der Waals surface area contributed by atoms with E-state index in [2.05, 4.69) is 4.74 Å². The van der Waals surface area contributed by atoms with Gasteiger partial charge in [-0.25, -0.2) is 9.59 Å². The van der Waals surface area contributed by atoms with E-state index in [1.807, 2.05) is 5.32 Å². The summed E-state index contributed by atoms with van der Waals surface area (Å²) in [6.07, 6.45) is -6.78. The Kier molecular flexibility index (Phi) is 4.21. The van der Waals surface area contributed by atoms with Crippen LogP contribution in [0, 0.1) is 5.41 Å². The lowest BCUT2D eigenvalue weighted by Crippen LogP contribution is -2.30. The first-order valence-electron chi connectivity index (χ1n) is 6.15. The Morgan fingerprint density at radius 2 is 1.70 bits per heavy atom. The van der Waals surface area contributed by atoms with Crippen LogP contribution in [0.2, 0.25) is 0 Å². The molecule has 0 atom stereocenters. The zero-order chi connectivity index (χ0) is 17.2. The van der Waals surface area contributed by atoms with Gasteiger partial charge in [-0.1, -0.05) is 18.2 Å². The molecule has 0 saturated heterocycles. The Morgan fingerprint density at radius 3 is 2.30 bits per heavy atom. The summed E-state index contributed by atoms with van der Waals surface area (Å²) in [7, 11) is 0. The van der Waals surface area contributed by atoms with Crippen LogP contribution in [-0.2, 0) is 9.53 Å². The maximum absolute atomic E-state index is 12.0. The smallest absolute Gasteiger partial charge is 0.384 e. The first-order valence-corrected chi connectivity index (χ1v) is 6.15. The molecule has 0 saturated carbocycles. The summed E-state index contributed by atoms with van der Waals surface area (Å²) >= 11 is 0. The SMILES string of the molecule is N=C(N)c1ccc2cc(NC(=O)OC(=O)C(F)(F)F)ccc2c1. The number of nitrogens with two attached hydrogens (primary N) is 1. The molecule has 2 aromatic rings. The summed E-state index contributed by atoms with van der Waals surface area (Å²) in [5.41, 5.74) is 6.02. The Balaban J connectivity index is 2.15. The van der Waals surface area contributed by atoms with E-state index in [9.17, 15) is 22.8 Å². The fourth-order valence-electron chi connectivity index (χ4n) is 1.78. The third-order valence-electron chi connectivity index (χ3n) is 2.81. The van der Waals surface area contributed by atoms with Crippen LogP contribution in [0.5, 0.6) is 0 Å². The summed E-state index contributed by atoms with van der Waals surface area (Å²) in [6.45, 7) is 0. The maximum Gasteiger partial charge on any atom is 0.491 e. The molecule has 6 nitrogen and oxygen atoms in total. The largest absolute Gasteiger partial charge is 0.491 e. The van der Waals surface area contributed by atoms with Gasteiger partial charge in [0.1, 0.15) is 5.84 Å². The molecule has 0 aliphatic carbocycles. The third-order valence-corrected chi connectivity index (χ3v) is 2.81. The number of carbonyl (C=O) groups excluding carboxylic acids is 2. The van der Waals surface area contributed by atoms with Gasteiger partial charge in [0.05, 0.1) is 0 Å². The van der Waals surface area contributed by atoms with Gasteiger partial charge in [0.2, 0.25) is 0 Å². The molecule has 0 bridgehead atoms. The van der Waals surface area contributed by atoms with Crippen LogP contribution in [0.3, 0.4) is 0 Å². The molecule has 2 aromatic carbocycles. The van der Waals surface area contributed by atoms with E-state index in [1.54, 1.807) is 24.3 Å². The van der Waals surface area contributed by atoms with Crippen molar-refractivity contribution in [3.05, 3.63) is 42.0 Å². The van der Waals surface area contributed by atoms with E-state index < -0.39 is 18.2 Å². The van der Waals surface area contributed by atoms with E-state index in [4.69, 9.17) is 11.1 Å². The summed E-state index contributed by atoms with van der Waals surface area (Å²) in [5, 5.41) is 10.7. The number of carbonyl (C=O) groups is 2. The summed E-state index contributed by atoms with van der Waals surface area (Å²) in [5.74, 6) is -2.70. The number of amidine groups is 1. The van der Waals surface area contributed by atoms with Crippen LogP contribution in [0.15, 0.2) is 36.4 Å². The highest BCUT2D eigenvalue weighted by Gasteiger charge is 2.42. The maximum atomic E-state index is 12.0. The molecule has 1 amide bonds. The van der Waals surface area contributed by atoms with Crippen LogP contribution in [0.1, 0.15) is 5.56 Å². The van der Waals surface area contributed by atoms with E-state index in [0.29, 0.717) is 16.3 Å². The van der Waals surface area contributed by atoms with Crippen molar-refractivity contribution in [3.63, 3.8) is 0 Å². The molecule has 23 heavy (non-hydrogen) atoms. The molecule has 0 aliphatic rings. The van der Waals surface area contributed by atoms with Crippen LogP contribution < -0.4 is 11.1 Å². The Labute approximate surface area is 127 Å². The topological polar surface area (TPSA) is 105 Å². The molecule has 2 rings (SSSR count). The number of alkyl halides is 3. The molecule has 0 radical (unpaired) electrons. The zero-order valence-electron chi connectivity index (χ0n) is 11.4. The Morgan fingerprint density at radius 1 is 1.09 bits per heavy atom. The number of anilines is 1. The van der Waals surface area contributed by atoms with Crippen molar-refractivity contribution >= 4 is 34.4 Å². The number of hydrogen-bond donors (Lipinski definition) is 3. The second kappa shape index (κ2) is 5.95. The monoisotopic (exact) mass is 325 g/mol. The van der Waals surface area contributed by atoms with Crippen molar-refractivity contribution < 1.29 is 27.5 Å². The van der Waals surface area contributed by atoms with Crippen molar-refractivity contribution in [1.82, 2.24) is 0 Å². The molecule has 0 unspecified atom stereocenters. The third kappa shape index (κ3) is 3.96. The lowest BCUT2D eigenvalue weighted by atomic mass is 10.1. The number of nitrogens with one attached hydrogen (secondary N) is 2. The molecular weight excluding hydrogens is 315 g/mol. The number of benzene rings is 2. The molecule has 0 heterocycles. The number of fused-ring (bicyclic) bond motifs is 1. The fraction of sp³-hybridized carbons (Fsp3) is 0.0714.